The van der Waals surface area contributed by atoms with E-state index in [9.17, 15) is 22.8 Å². The molecule has 1 aliphatic rings. The van der Waals surface area contributed by atoms with Gasteiger partial charge in [-0.1, -0.05) is 0 Å². The standard InChI is InChI=1S/C11H18F3N3O3/c1-16(8-2-4-15-5-3-8)10(20)17(6-9(18)19)7-11(12,13)14/h8,15H,2-7H2,1H3,(H,18,19). The molecule has 2 amide bonds. The number of amides is 2. The lowest BCUT2D eigenvalue weighted by Gasteiger charge is -2.35. The first-order chi connectivity index (χ1) is 9.20. The molecule has 0 aliphatic carbocycles. The van der Waals surface area contributed by atoms with Crippen LogP contribution in [0.1, 0.15) is 12.8 Å². The molecular formula is C11H18F3N3O3. The highest BCUT2D eigenvalue weighted by molar-refractivity contribution is 5.80. The lowest BCUT2D eigenvalue weighted by Crippen LogP contribution is -2.52. The number of hydrogen-bond donors (Lipinski definition) is 2. The Hall–Kier alpha value is -1.51. The molecule has 0 radical (unpaired) electrons. The normalized spacial score (nSPS) is 16.8. The van der Waals surface area contributed by atoms with Gasteiger partial charge in [0.25, 0.3) is 0 Å². The fraction of sp³-hybridized carbons (Fsp3) is 0.818. The van der Waals surface area contributed by atoms with Gasteiger partial charge in [0.1, 0.15) is 13.1 Å². The van der Waals surface area contributed by atoms with E-state index >= 15 is 0 Å². The fourth-order valence-electron chi connectivity index (χ4n) is 2.14. The SMILES string of the molecule is CN(C(=O)N(CC(=O)O)CC(F)(F)F)C1CCNCC1. The molecule has 0 unspecified atom stereocenters. The van der Waals surface area contributed by atoms with Crippen molar-refractivity contribution in [2.24, 2.45) is 0 Å². The summed E-state index contributed by atoms with van der Waals surface area (Å²) in [6.07, 6.45) is -3.36. The van der Waals surface area contributed by atoms with Gasteiger partial charge in [-0.2, -0.15) is 13.2 Å². The summed E-state index contributed by atoms with van der Waals surface area (Å²) in [6.45, 7) is -1.16. The molecule has 0 saturated carbocycles. The predicted molar refractivity (Wildman–Crippen MR) is 64.3 cm³/mol. The molecule has 2 N–H and O–H groups in total. The number of aliphatic carboxylic acids is 1. The molecule has 0 aromatic carbocycles. The van der Waals surface area contributed by atoms with Crippen molar-refractivity contribution in [2.45, 2.75) is 25.1 Å². The second kappa shape index (κ2) is 6.78. The first-order valence-electron chi connectivity index (χ1n) is 6.21. The molecule has 1 aliphatic heterocycles. The maximum absolute atomic E-state index is 12.4. The molecule has 116 valence electrons. The second-order valence-electron chi connectivity index (χ2n) is 4.74. The highest BCUT2D eigenvalue weighted by Crippen LogP contribution is 2.19. The number of hydrogen-bond acceptors (Lipinski definition) is 3. The molecule has 9 heteroatoms. The van der Waals surface area contributed by atoms with Gasteiger partial charge in [-0.25, -0.2) is 4.79 Å². The summed E-state index contributed by atoms with van der Waals surface area (Å²) in [4.78, 5) is 24.1. The molecule has 1 saturated heterocycles. The zero-order chi connectivity index (χ0) is 15.3. The van der Waals surface area contributed by atoms with Crippen molar-refractivity contribution in [1.82, 2.24) is 15.1 Å². The molecule has 6 nitrogen and oxygen atoms in total. The highest BCUT2D eigenvalue weighted by Gasteiger charge is 2.36. The Morgan fingerprint density at radius 2 is 1.85 bits per heavy atom. The number of nitrogens with one attached hydrogen (secondary N) is 1. The molecule has 20 heavy (non-hydrogen) atoms. The van der Waals surface area contributed by atoms with Crippen LogP contribution in [0.2, 0.25) is 0 Å². The van der Waals surface area contributed by atoms with E-state index in [-0.39, 0.29) is 6.04 Å². The number of halogens is 3. The number of carbonyl (C=O) groups excluding carboxylic acids is 1. The van der Waals surface area contributed by atoms with Gasteiger partial charge in [0.2, 0.25) is 0 Å². The van der Waals surface area contributed by atoms with Gasteiger partial charge in [0.05, 0.1) is 0 Å². The summed E-state index contributed by atoms with van der Waals surface area (Å²) in [6, 6.07) is -1.08. The van der Waals surface area contributed by atoms with Gasteiger partial charge in [-0.15, -0.1) is 0 Å². The summed E-state index contributed by atoms with van der Waals surface area (Å²) in [5.74, 6) is -1.47. The van der Waals surface area contributed by atoms with Crippen molar-refractivity contribution in [1.29, 1.82) is 0 Å². The Morgan fingerprint density at radius 1 is 1.30 bits per heavy atom. The topological polar surface area (TPSA) is 72.9 Å². The Balaban J connectivity index is 2.72. The van der Waals surface area contributed by atoms with E-state index in [1.807, 2.05) is 0 Å². The average molecular weight is 297 g/mol. The Kier molecular flexibility index (Phi) is 5.61. The monoisotopic (exact) mass is 297 g/mol. The summed E-state index contributed by atoms with van der Waals surface area (Å²) < 4.78 is 37.2. The molecule has 0 spiro atoms. The molecule has 0 aromatic rings. The Bertz CT molecular complexity index is 357. The summed E-state index contributed by atoms with van der Waals surface area (Å²) in [5.41, 5.74) is 0. The van der Waals surface area contributed by atoms with E-state index in [0.717, 1.165) is 0 Å². The smallest absolute Gasteiger partial charge is 0.406 e. The fourth-order valence-corrected chi connectivity index (χ4v) is 2.14. The maximum atomic E-state index is 12.4. The Morgan fingerprint density at radius 3 is 2.30 bits per heavy atom. The van der Waals surface area contributed by atoms with Gasteiger partial charge in [-0.05, 0) is 25.9 Å². The number of urea groups is 1. The lowest BCUT2D eigenvalue weighted by atomic mass is 10.1. The third-order valence-electron chi connectivity index (χ3n) is 3.12. The number of nitrogens with zero attached hydrogens (tertiary/aromatic N) is 2. The minimum absolute atomic E-state index is 0.173. The molecule has 1 fully saturated rings. The number of rotatable bonds is 4. The summed E-state index contributed by atoms with van der Waals surface area (Å²) in [7, 11) is 1.41. The van der Waals surface area contributed by atoms with E-state index in [4.69, 9.17) is 5.11 Å². The van der Waals surface area contributed by atoms with Crippen LogP contribution >= 0.6 is 0 Å². The molecule has 0 bridgehead atoms. The number of carboxylic acids is 1. The summed E-state index contributed by atoms with van der Waals surface area (Å²) in [5, 5.41) is 11.7. The van der Waals surface area contributed by atoms with E-state index in [0.29, 0.717) is 30.8 Å². The second-order valence-corrected chi connectivity index (χ2v) is 4.74. The van der Waals surface area contributed by atoms with Crippen LogP contribution in [0.5, 0.6) is 0 Å². The summed E-state index contributed by atoms with van der Waals surface area (Å²) >= 11 is 0. The van der Waals surface area contributed by atoms with Crippen LogP contribution in [-0.4, -0.2) is 72.4 Å². The van der Waals surface area contributed by atoms with Crippen LogP contribution in [0.25, 0.3) is 0 Å². The first-order valence-corrected chi connectivity index (χ1v) is 6.21. The molecule has 0 aromatic heterocycles. The predicted octanol–water partition coefficient (Wildman–Crippen LogP) is 0.739. The van der Waals surface area contributed by atoms with Gasteiger partial charge in [0, 0.05) is 13.1 Å². The van der Waals surface area contributed by atoms with Crippen molar-refractivity contribution in [3.63, 3.8) is 0 Å². The number of alkyl halides is 3. The number of carboxylic acid groups (broad SMARTS) is 1. The van der Waals surface area contributed by atoms with Crippen LogP contribution in [-0.2, 0) is 4.79 Å². The van der Waals surface area contributed by atoms with Crippen LogP contribution in [0, 0.1) is 0 Å². The minimum atomic E-state index is -4.62. The number of carbonyl (C=O) groups is 2. The van der Waals surface area contributed by atoms with Gasteiger partial charge >= 0.3 is 18.2 Å². The van der Waals surface area contributed by atoms with E-state index in [2.05, 4.69) is 5.32 Å². The zero-order valence-electron chi connectivity index (χ0n) is 11.1. The molecule has 1 rings (SSSR count). The van der Waals surface area contributed by atoms with Crippen LogP contribution < -0.4 is 5.32 Å². The van der Waals surface area contributed by atoms with Crippen LogP contribution in [0.3, 0.4) is 0 Å². The van der Waals surface area contributed by atoms with Gasteiger partial charge in [-0.3, -0.25) is 4.79 Å². The van der Waals surface area contributed by atoms with Crippen LogP contribution in [0.15, 0.2) is 0 Å². The van der Waals surface area contributed by atoms with Gasteiger partial charge in [0.15, 0.2) is 0 Å². The quantitative estimate of drug-likeness (QED) is 0.803. The van der Waals surface area contributed by atoms with E-state index in [1.54, 1.807) is 0 Å². The third-order valence-corrected chi connectivity index (χ3v) is 3.12. The lowest BCUT2D eigenvalue weighted by molar-refractivity contribution is -0.149. The minimum Gasteiger partial charge on any atom is -0.480 e. The van der Waals surface area contributed by atoms with Crippen molar-refractivity contribution in [3.05, 3.63) is 0 Å². The average Bonchev–Trinajstić information content (AvgIpc) is 2.35. The van der Waals surface area contributed by atoms with Gasteiger partial charge < -0.3 is 20.2 Å². The van der Waals surface area contributed by atoms with Crippen molar-refractivity contribution in [3.8, 4) is 0 Å². The third kappa shape index (κ3) is 5.24. The molecule has 1 heterocycles. The van der Waals surface area contributed by atoms with E-state index in [1.165, 1.54) is 11.9 Å². The van der Waals surface area contributed by atoms with E-state index < -0.39 is 31.3 Å². The highest BCUT2D eigenvalue weighted by atomic mass is 19.4. The molecule has 0 atom stereocenters. The van der Waals surface area contributed by atoms with Crippen molar-refractivity contribution < 1.29 is 27.9 Å². The largest absolute Gasteiger partial charge is 0.480 e. The van der Waals surface area contributed by atoms with Crippen molar-refractivity contribution in [2.75, 3.05) is 33.2 Å². The molecular weight excluding hydrogens is 279 g/mol. The Labute approximate surface area is 114 Å². The zero-order valence-corrected chi connectivity index (χ0v) is 11.1. The first kappa shape index (κ1) is 16.5. The van der Waals surface area contributed by atoms with Crippen molar-refractivity contribution >= 4 is 12.0 Å². The maximum Gasteiger partial charge on any atom is 0.406 e. The van der Waals surface area contributed by atoms with Crippen LogP contribution in [0.4, 0.5) is 18.0 Å². The number of piperidine rings is 1.